The van der Waals surface area contributed by atoms with Crippen LogP contribution in [0.3, 0.4) is 0 Å². The molecule has 0 N–H and O–H groups in total. The zero-order valence-electron chi connectivity index (χ0n) is 10.4. The maximum absolute atomic E-state index is 11.8. The van der Waals surface area contributed by atoms with Gasteiger partial charge in [-0.3, -0.25) is 4.79 Å². The third kappa shape index (κ3) is 2.40. The summed E-state index contributed by atoms with van der Waals surface area (Å²) >= 11 is 0. The predicted molar refractivity (Wildman–Crippen MR) is 69.4 cm³/mol. The van der Waals surface area contributed by atoms with Crippen molar-refractivity contribution in [2.45, 2.75) is 20.3 Å². The van der Waals surface area contributed by atoms with Crippen molar-refractivity contribution in [3.63, 3.8) is 0 Å². The number of carbonyl (C=O) groups is 2. The Labute approximate surface area is 105 Å². The molecule has 2 aromatic rings. The van der Waals surface area contributed by atoms with Crippen molar-refractivity contribution < 1.29 is 14.3 Å². The van der Waals surface area contributed by atoms with Gasteiger partial charge in [-0.25, -0.2) is 4.79 Å². The topological polar surface area (TPSA) is 43.4 Å². The number of aryl methyl sites for hydroxylation is 1. The number of hydrogen-bond donors (Lipinski definition) is 0. The number of benzene rings is 2. The Kier molecular flexibility index (Phi) is 3.42. The van der Waals surface area contributed by atoms with Crippen LogP contribution in [-0.4, -0.2) is 11.9 Å². The number of esters is 2. The molecule has 2 rings (SSSR count). The average Bonchev–Trinajstić information content (AvgIpc) is 2.36. The highest BCUT2D eigenvalue weighted by Gasteiger charge is 2.13. The molecule has 0 fully saturated rings. The minimum absolute atomic E-state index is 0.429. The van der Waals surface area contributed by atoms with Crippen LogP contribution in [0.4, 0.5) is 0 Å². The molecule has 0 heterocycles. The van der Waals surface area contributed by atoms with Crippen LogP contribution in [0.1, 0.15) is 29.8 Å². The van der Waals surface area contributed by atoms with Gasteiger partial charge in [-0.2, -0.15) is 0 Å². The summed E-state index contributed by atoms with van der Waals surface area (Å²) in [7, 11) is 0. The maximum Gasteiger partial charge on any atom is 0.346 e. The van der Waals surface area contributed by atoms with Gasteiger partial charge in [0.25, 0.3) is 0 Å². The molecule has 0 atom stereocenters. The first-order valence-electron chi connectivity index (χ1n) is 5.86. The molecule has 3 heteroatoms. The summed E-state index contributed by atoms with van der Waals surface area (Å²) in [5.74, 6) is -1.19. The third-order valence-electron chi connectivity index (χ3n) is 2.81. The van der Waals surface area contributed by atoms with Crippen LogP contribution in [0, 0.1) is 0 Å². The van der Waals surface area contributed by atoms with Crippen LogP contribution < -0.4 is 0 Å². The molecule has 0 aliphatic heterocycles. The standard InChI is InChI=1S/C15H14O3/c1-3-11-7-8-12-5-4-6-13(14(12)9-11)15(17)18-10(2)16/h4-9H,3H2,1-2H3. The van der Waals surface area contributed by atoms with Gasteiger partial charge in [0.15, 0.2) is 0 Å². The number of rotatable bonds is 2. The number of carbonyl (C=O) groups excluding carboxylic acids is 2. The fourth-order valence-corrected chi connectivity index (χ4v) is 1.90. The first-order chi connectivity index (χ1) is 8.61. The van der Waals surface area contributed by atoms with E-state index >= 15 is 0 Å². The Hall–Kier alpha value is -2.16. The quantitative estimate of drug-likeness (QED) is 0.600. The molecule has 0 spiro atoms. The zero-order chi connectivity index (χ0) is 13.1. The molecular weight excluding hydrogens is 228 g/mol. The second-order valence-corrected chi connectivity index (χ2v) is 4.10. The first kappa shape index (κ1) is 12.3. The molecule has 0 saturated heterocycles. The van der Waals surface area contributed by atoms with Crippen molar-refractivity contribution in [2.75, 3.05) is 0 Å². The summed E-state index contributed by atoms with van der Waals surface area (Å²) in [6.07, 6.45) is 0.895. The second kappa shape index (κ2) is 5.00. The lowest BCUT2D eigenvalue weighted by molar-refractivity contribution is -0.135. The Morgan fingerprint density at radius 2 is 1.94 bits per heavy atom. The molecule has 0 aromatic heterocycles. The Morgan fingerprint density at radius 3 is 2.61 bits per heavy atom. The lowest BCUT2D eigenvalue weighted by Gasteiger charge is -2.06. The van der Waals surface area contributed by atoms with Crippen LogP contribution in [0.5, 0.6) is 0 Å². The van der Waals surface area contributed by atoms with Crippen molar-refractivity contribution in [1.82, 2.24) is 0 Å². The lowest BCUT2D eigenvalue weighted by atomic mass is 10.0. The van der Waals surface area contributed by atoms with Gasteiger partial charge >= 0.3 is 11.9 Å². The molecule has 0 amide bonds. The maximum atomic E-state index is 11.8. The van der Waals surface area contributed by atoms with Crippen LogP contribution >= 0.6 is 0 Å². The Morgan fingerprint density at radius 1 is 1.17 bits per heavy atom. The number of ether oxygens (including phenoxy) is 1. The average molecular weight is 242 g/mol. The fourth-order valence-electron chi connectivity index (χ4n) is 1.90. The normalized spacial score (nSPS) is 10.3. The van der Waals surface area contributed by atoms with Crippen LogP contribution in [0.25, 0.3) is 10.8 Å². The highest BCUT2D eigenvalue weighted by Crippen LogP contribution is 2.21. The van der Waals surface area contributed by atoms with Gasteiger partial charge in [0.05, 0.1) is 5.56 Å². The minimum Gasteiger partial charge on any atom is -0.390 e. The molecule has 3 nitrogen and oxygen atoms in total. The molecule has 92 valence electrons. The SMILES string of the molecule is CCc1ccc2cccc(C(=O)OC(C)=O)c2c1. The highest BCUT2D eigenvalue weighted by molar-refractivity contribution is 6.07. The fraction of sp³-hybridized carbons (Fsp3) is 0.200. The van der Waals surface area contributed by atoms with Gasteiger partial charge in [-0.15, -0.1) is 0 Å². The van der Waals surface area contributed by atoms with E-state index in [1.54, 1.807) is 12.1 Å². The van der Waals surface area contributed by atoms with Crippen LogP contribution in [-0.2, 0) is 16.0 Å². The summed E-state index contributed by atoms with van der Waals surface area (Å²) in [6, 6.07) is 11.4. The van der Waals surface area contributed by atoms with Gasteiger partial charge in [-0.05, 0) is 28.8 Å². The van der Waals surface area contributed by atoms with Gasteiger partial charge in [0.2, 0.25) is 0 Å². The minimum atomic E-state index is -0.596. The largest absolute Gasteiger partial charge is 0.390 e. The van der Waals surface area contributed by atoms with Crippen molar-refractivity contribution in [3.05, 3.63) is 47.5 Å². The summed E-state index contributed by atoms with van der Waals surface area (Å²) in [5.41, 5.74) is 1.57. The molecule has 0 bridgehead atoms. The zero-order valence-corrected chi connectivity index (χ0v) is 10.4. The van der Waals surface area contributed by atoms with Gasteiger partial charge < -0.3 is 4.74 Å². The van der Waals surface area contributed by atoms with E-state index in [4.69, 9.17) is 0 Å². The molecule has 0 saturated carbocycles. The van der Waals surface area contributed by atoms with Gasteiger partial charge in [0, 0.05) is 6.92 Å². The summed E-state index contributed by atoms with van der Waals surface area (Å²) in [4.78, 5) is 22.7. The number of hydrogen-bond acceptors (Lipinski definition) is 3. The number of fused-ring (bicyclic) bond motifs is 1. The van der Waals surface area contributed by atoms with E-state index in [1.807, 2.05) is 24.3 Å². The molecule has 0 aliphatic carbocycles. The Bertz CT molecular complexity index is 614. The molecule has 18 heavy (non-hydrogen) atoms. The van der Waals surface area contributed by atoms with Crippen molar-refractivity contribution in [2.24, 2.45) is 0 Å². The van der Waals surface area contributed by atoms with Crippen molar-refractivity contribution in [1.29, 1.82) is 0 Å². The smallest absolute Gasteiger partial charge is 0.346 e. The van der Waals surface area contributed by atoms with E-state index in [9.17, 15) is 9.59 Å². The molecule has 2 aromatic carbocycles. The van der Waals surface area contributed by atoms with Crippen molar-refractivity contribution >= 4 is 22.7 Å². The van der Waals surface area contributed by atoms with E-state index < -0.39 is 11.9 Å². The monoisotopic (exact) mass is 242 g/mol. The highest BCUT2D eigenvalue weighted by atomic mass is 16.6. The molecule has 0 aliphatic rings. The van der Waals surface area contributed by atoms with E-state index in [1.165, 1.54) is 6.92 Å². The molecule has 0 radical (unpaired) electrons. The third-order valence-corrected chi connectivity index (χ3v) is 2.81. The van der Waals surface area contributed by atoms with Gasteiger partial charge in [-0.1, -0.05) is 37.3 Å². The van der Waals surface area contributed by atoms with Gasteiger partial charge in [0.1, 0.15) is 0 Å². The summed E-state index contributed by atoms with van der Waals surface area (Å²) < 4.78 is 4.64. The van der Waals surface area contributed by atoms with E-state index in [-0.39, 0.29) is 0 Å². The Balaban J connectivity index is 2.55. The van der Waals surface area contributed by atoms with E-state index in [2.05, 4.69) is 11.7 Å². The molecule has 0 unspecified atom stereocenters. The van der Waals surface area contributed by atoms with E-state index in [0.717, 1.165) is 22.8 Å². The van der Waals surface area contributed by atoms with E-state index in [0.29, 0.717) is 5.56 Å². The van der Waals surface area contributed by atoms with Crippen molar-refractivity contribution in [3.8, 4) is 0 Å². The summed E-state index contributed by atoms with van der Waals surface area (Å²) in [5, 5.41) is 1.79. The first-order valence-corrected chi connectivity index (χ1v) is 5.86. The summed E-state index contributed by atoms with van der Waals surface area (Å²) in [6.45, 7) is 3.28. The van der Waals surface area contributed by atoms with Crippen LogP contribution in [0.15, 0.2) is 36.4 Å². The van der Waals surface area contributed by atoms with Crippen LogP contribution in [0.2, 0.25) is 0 Å². The molecular formula is C15H14O3. The lowest BCUT2D eigenvalue weighted by Crippen LogP contribution is -2.09. The predicted octanol–water partition coefficient (Wildman–Crippen LogP) is 3.11. The second-order valence-electron chi connectivity index (χ2n) is 4.10.